The minimum absolute atomic E-state index is 0.131. The normalized spacial score (nSPS) is 22.9. The molecule has 2 fully saturated rings. The van der Waals surface area contributed by atoms with Crippen LogP contribution in [0.5, 0.6) is 0 Å². The Hall–Kier alpha value is -2.15. The zero-order valence-electron chi connectivity index (χ0n) is 15.6. The van der Waals surface area contributed by atoms with Crippen molar-refractivity contribution in [3.8, 4) is 0 Å². The molecule has 0 N–H and O–H groups in total. The van der Waals surface area contributed by atoms with Gasteiger partial charge in [0.15, 0.2) is 0 Å². The van der Waals surface area contributed by atoms with E-state index in [-0.39, 0.29) is 22.6 Å². The van der Waals surface area contributed by atoms with Gasteiger partial charge in [-0.15, -0.1) is 0 Å². The number of carbonyl (C=O) groups excluding carboxylic acids is 1. The number of nitrogens with zero attached hydrogens (tertiary/aromatic N) is 4. The SMILES string of the molecule is CC1CCCN(C(=O)C(C)N2CCN(c3ccccc3[N+](=O)[O-])CC2)C1. The van der Waals surface area contributed by atoms with E-state index in [1.807, 2.05) is 17.9 Å². The van der Waals surface area contributed by atoms with Gasteiger partial charge in [0.05, 0.1) is 11.0 Å². The van der Waals surface area contributed by atoms with E-state index in [0.717, 1.165) is 32.6 Å². The van der Waals surface area contributed by atoms with Crippen LogP contribution >= 0.6 is 0 Å². The molecule has 0 spiro atoms. The molecule has 0 saturated carbocycles. The van der Waals surface area contributed by atoms with Crippen molar-refractivity contribution in [3.63, 3.8) is 0 Å². The quantitative estimate of drug-likeness (QED) is 0.609. The Balaban J connectivity index is 1.60. The van der Waals surface area contributed by atoms with Crippen LogP contribution in [0.3, 0.4) is 0 Å². The van der Waals surface area contributed by atoms with Crippen LogP contribution < -0.4 is 4.90 Å². The number of likely N-dealkylation sites (tertiary alicyclic amines) is 1. The molecule has 2 unspecified atom stereocenters. The van der Waals surface area contributed by atoms with E-state index < -0.39 is 0 Å². The van der Waals surface area contributed by atoms with Crippen molar-refractivity contribution in [3.05, 3.63) is 34.4 Å². The minimum atomic E-state index is -0.328. The van der Waals surface area contributed by atoms with Crippen LogP contribution in [0.25, 0.3) is 0 Å². The highest BCUT2D eigenvalue weighted by molar-refractivity contribution is 5.81. The number of piperazine rings is 1. The van der Waals surface area contributed by atoms with Crippen LogP contribution in [0.1, 0.15) is 26.7 Å². The van der Waals surface area contributed by atoms with Crippen LogP contribution in [-0.2, 0) is 4.79 Å². The van der Waals surface area contributed by atoms with Gasteiger partial charge < -0.3 is 9.80 Å². The first kappa shape index (κ1) is 18.6. The Bertz CT molecular complexity index is 658. The summed E-state index contributed by atoms with van der Waals surface area (Å²) in [5.41, 5.74) is 0.813. The fourth-order valence-corrected chi connectivity index (χ4v) is 4.05. The molecule has 1 amide bonds. The number of hydrogen-bond acceptors (Lipinski definition) is 5. The Morgan fingerprint density at radius 2 is 1.88 bits per heavy atom. The van der Waals surface area contributed by atoms with Crippen molar-refractivity contribution in [2.24, 2.45) is 5.92 Å². The summed E-state index contributed by atoms with van der Waals surface area (Å²) < 4.78 is 0. The van der Waals surface area contributed by atoms with Crippen molar-refractivity contribution in [1.29, 1.82) is 0 Å². The van der Waals surface area contributed by atoms with E-state index in [0.29, 0.717) is 24.7 Å². The lowest BCUT2D eigenvalue weighted by Gasteiger charge is -2.40. The van der Waals surface area contributed by atoms with Gasteiger partial charge in [-0.05, 0) is 31.7 Å². The van der Waals surface area contributed by atoms with Gasteiger partial charge in [-0.3, -0.25) is 19.8 Å². The Morgan fingerprint density at radius 1 is 1.19 bits per heavy atom. The smallest absolute Gasteiger partial charge is 0.292 e. The Morgan fingerprint density at radius 3 is 2.54 bits per heavy atom. The maximum atomic E-state index is 12.8. The van der Waals surface area contributed by atoms with Gasteiger partial charge in [-0.25, -0.2) is 0 Å². The van der Waals surface area contributed by atoms with Crippen LogP contribution in [0.4, 0.5) is 11.4 Å². The average molecular weight is 360 g/mol. The van der Waals surface area contributed by atoms with E-state index in [2.05, 4.69) is 16.7 Å². The lowest BCUT2D eigenvalue weighted by Crippen LogP contribution is -2.55. The van der Waals surface area contributed by atoms with Crippen molar-refractivity contribution in [2.45, 2.75) is 32.7 Å². The van der Waals surface area contributed by atoms with Crippen LogP contribution in [0, 0.1) is 16.0 Å². The number of nitro benzene ring substituents is 1. The fraction of sp³-hybridized carbons (Fsp3) is 0.632. The highest BCUT2D eigenvalue weighted by Crippen LogP contribution is 2.28. The monoisotopic (exact) mass is 360 g/mol. The largest absolute Gasteiger partial charge is 0.363 e. The van der Waals surface area contributed by atoms with Crippen molar-refractivity contribution < 1.29 is 9.72 Å². The molecule has 0 aliphatic carbocycles. The summed E-state index contributed by atoms with van der Waals surface area (Å²) in [6.45, 7) is 8.78. The van der Waals surface area contributed by atoms with Crippen molar-refractivity contribution >= 4 is 17.3 Å². The third-order valence-electron chi connectivity index (χ3n) is 5.61. The molecule has 2 aliphatic heterocycles. The highest BCUT2D eigenvalue weighted by Gasteiger charge is 2.31. The molecule has 7 nitrogen and oxygen atoms in total. The molecule has 0 bridgehead atoms. The maximum Gasteiger partial charge on any atom is 0.292 e. The van der Waals surface area contributed by atoms with E-state index in [9.17, 15) is 14.9 Å². The summed E-state index contributed by atoms with van der Waals surface area (Å²) in [7, 11) is 0. The Labute approximate surface area is 154 Å². The third-order valence-corrected chi connectivity index (χ3v) is 5.61. The summed E-state index contributed by atoms with van der Waals surface area (Å²) >= 11 is 0. The summed E-state index contributed by atoms with van der Waals surface area (Å²) in [6, 6.07) is 6.74. The number of nitro groups is 1. The first-order valence-electron chi connectivity index (χ1n) is 9.48. The van der Waals surface area contributed by atoms with Gasteiger partial charge in [0.1, 0.15) is 5.69 Å². The molecule has 2 saturated heterocycles. The molecule has 2 atom stereocenters. The zero-order valence-corrected chi connectivity index (χ0v) is 15.6. The van der Waals surface area contributed by atoms with Gasteiger partial charge >= 0.3 is 0 Å². The summed E-state index contributed by atoms with van der Waals surface area (Å²) in [5.74, 6) is 0.797. The third kappa shape index (κ3) is 3.98. The van der Waals surface area contributed by atoms with Crippen LogP contribution in [0.15, 0.2) is 24.3 Å². The van der Waals surface area contributed by atoms with E-state index in [1.54, 1.807) is 18.2 Å². The van der Waals surface area contributed by atoms with Crippen LogP contribution in [0.2, 0.25) is 0 Å². The number of hydrogen-bond donors (Lipinski definition) is 0. The lowest BCUT2D eigenvalue weighted by molar-refractivity contribution is -0.384. The number of rotatable bonds is 4. The number of anilines is 1. The number of carbonyl (C=O) groups is 1. The molecular formula is C19H28N4O3. The number of piperidine rings is 1. The predicted molar refractivity (Wildman–Crippen MR) is 101 cm³/mol. The lowest BCUT2D eigenvalue weighted by atomic mass is 9.99. The predicted octanol–water partition coefficient (Wildman–Crippen LogP) is 2.36. The second-order valence-electron chi connectivity index (χ2n) is 7.48. The minimum Gasteiger partial charge on any atom is -0.363 e. The molecule has 2 heterocycles. The van der Waals surface area contributed by atoms with Crippen molar-refractivity contribution in [2.75, 3.05) is 44.2 Å². The molecule has 26 heavy (non-hydrogen) atoms. The highest BCUT2D eigenvalue weighted by atomic mass is 16.6. The molecule has 0 aromatic heterocycles. The molecule has 2 aliphatic rings. The summed E-state index contributed by atoms with van der Waals surface area (Å²) in [4.78, 5) is 30.0. The zero-order chi connectivity index (χ0) is 18.7. The van der Waals surface area contributed by atoms with Gasteiger partial charge in [0.25, 0.3) is 5.69 Å². The number of para-hydroxylation sites is 2. The molecule has 1 aromatic rings. The standard InChI is InChI=1S/C19H28N4O3/c1-15-6-5-9-22(14-15)19(24)16(2)20-10-12-21(13-11-20)17-7-3-4-8-18(17)23(25)26/h3-4,7-8,15-16H,5-6,9-14H2,1-2H3. The average Bonchev–Trinajstić information content (AvgIpc) is 2.67. The molecule has 1 aromatic carbocycles. The first-order chi connectivity index (χ1) is 12.5. The molecule has 142 valence electrons. The van der Waals surface area contributed by atoms with Gasteiger partial charge in [0.2, 0.25) is 5.91 Å². The number of benzene rings is 1. The summed E-state index contributed by atoms with van der Waals surface area (Å²) in [5, 5.41) is 11.2. The van der Waals surface area contributed by atoms with Gasteiger partial charge in [0, 0.05) is 45.3 Å². The Kier molecular flexibility index (Phi) is 5.76. The second-order valence-corrected chi connectivity index (χ2v) is 7.48. The molecule has 0 radical (unpaired) electrons. The van der Waals surface area contributed by atoms with Gasteiger partial charge in [-0.1, -0.05) is 19.1 Å². The maximum absolute atomic E-state index is 12.8. The van der Waals surface area contributed by atoms with Crippen molar-refractivity contribution in [1.82, 2.24) is 9.80 Å². The second kappa shape index (κ2) is 8.03. The topological polar surface area (TPSA) is 69.9 Å². The van der Waals surface area contributed by atoms with E-state index >= 15 is 0 Å². The number of amides is 1. The van der Waals surface area contributed by atoms with E-state index in [1.165, 1.54) is 6.42 Å². The first-order valence-corrected chi connectivity index (χ1v) is 9.48. The molecular weight excluding hydrogens is 332 g/mol. The van der Waals surface area contributed by atoms with E-state index in [4.69, 9.17) is 0 Å². The van der Waals surface area contributed by atoms with Gasteiger partial charge in [-0.2, -0.15) is 0 Å². The molecule has 7 heteroatoms. The van der Waals surface area contributed by atoms with Crippen LogP contribution in [-0.4, -0.2) is 65.9 Å². The molecule has 3 rings (SSSR count). The fourth-order valence-electron chi connectivity index (χ4n) is 4.05. The summed E-state index contributed by atoms with van der Waals surface area (Å²) in [6.07, 6.45) is 2.29.